The number of urea groups is 1. The molecule has 6 heteroatoms. The van der Waals surface area contributed by atoms with Gasteiger partial charge < -0.3 is 16.4 Å². The largest absolute Gasteiger partial charge is 0.351 e. The molecule has 2 amide bonds. The second-order valence-electron chi connectivity index (χ2n) is 2.05. The summed E-state index contributed by atoms with van der Waals surface area (Å²) < 4.78 is 1.14. The van der Waals surface area contributed by atoms with Crippen LogP contribution in [0.1, 0.15) is 0 Å². The highest BCUT2D eigenvalue weighted by Gasteiger charge is 2.09. The molecular formula is C5H14N4OS. The molecule has 0 radical (unpaired) electrons. The summed E-state index contributed by atoms with van der Waals surface area (Å²) in [4.78, 5) is 10.5. The molecular weight excluding hydrogens is 164 g/mol. The Morgan fingerprint density at radius 1 is 1.64 bits per heavy atom. The summed E-state index contributed by atoms with van der Waals surface area (Å²) in [7, 11) is 3.56. The summed E-state index contributed by atoms with van der Waals surface area (Å²) in [5, 5.41) is 5.86. The smallest absolute Gasteiger partial charge is 0.324 e. The van der Waals surface area contributed by atoms with Gasteiger partial charge in [0.05, 0.1) is 12.7 Å². The molecule has 0 unspecified atom stereocenters. The molecule has 4 N–H and O–H groups in total. The number of hydrogen-bond donors (Lipinski definition) is 4. The Kier molecular flexibility index (Phi) is 5.01. The first-order chi connectivity index (χ1) is 5.11. The molecule has 0 saturated heterocycles. The highest BCUT2D eigenvalue weighted by atomic mass is 32.1. The second-order valence-corrected chi connectivity index (χ2v) is 2.53. The first kappa shape index (κ1) is 10.5. The van der Waals surface area contributed by atoms with Crippen molar-refractivity contribution in [1.29, 1.82) is 0 Å². The minimum atomic E-state index is -0.552. The lowest BCUT2D eigenvalue weighted by Crippen LogP contribution is -2.47. The summed E-state index contributed by atoms with van der Waals surface area (Å²) >= 11 is 3.85. The van der Waals surface area contributed by atoms with Gasteiger partial charge in [-0.1, -0.05) is 12.8 Å². The molecule has 0 aromatic rings. The maximum absolute atomic E-state index is 10.5. The van der Waals surface area contributed by atoms with Crippen molar-refractivity contribution < 1.29 is 4.79 Å². The highest BCUT2D eigenvalue weighted by molar-refractivity contribution is 7.78. The lowest BCUT2D eigenvalue weighted by atomic mass is 10.5. The van der Waals surface area contributed by atoms with E-state index in [2.05, 4.69) is 23.4 Å². The number of hydrogen-bond acceptors (Lipinski definition) is 4. The Morgan fingerprint density at radius 2 is 2.09 bits per heavy atom. The topological polar surface area (TPSA) is 70.4 Å². The Labute approximate surface area is 71.9 Å². The van der Waals surface area contributed by atoms with Crippen molar-refractivity contribution in [3.05, 3.63) is 0 Å². The van der Waals surface area contributed by atoms with Crippen LogP contribution in [0.15, 0.2) is 0 Å². The van der Waals surface area contributed by atoms with E-state index in [0.717, 1.165) is 4.31 Å². The molecule has 0 fully saturated rings. The van der Waals surface area contributed by atoms with Crippen LogP contribution in [0.4, 0.5) is 4.79 Å². The van der Waals surface area contributed by atoms with E-state index in [0.29, 0.717) is 6.54 Å². The van der Waals surface area contributed by atoms with Crippen LogP contribution in [0.5, 0.6) is 0 Å². The average Bonchev–Trinajstić information content (AvgIpc) is 1.99. The molecule has 0 aliphatic heterocycles. The van der Waals surface area contributed by atoms with Gasteiger partial charge in [0.15, 0.2) is 0 Å². The van der Waals surface area contributed by atoms with Gasteiger partial charge in [0.1, 0.15) is 0 Å². The van der Waals surface area contributed by atoms with E-state index < -0.39 is 6.03 Å². The van der Waals surface area contributed by atoms with E-state index in [1.807, 2.05) is 0 Å². The van der Waals surface area contributed by atoms with Crippen LogP contribution in [0.2, 0.25) is 0 Å². The molecule has 0 bridgehead atoms. The molecule has 11 heavy (non-hydrogen) atoms. The number of likely N-dealkylation sites (N-methyl/N-ethyl adjacent to an activating group) is 2. The van der Waals surface area contributed by atoms with E-state index in [4.69, 9.17) is 5.73 Å². The first-order valence-corrected chi connectivity index (χ1v) is 3.62. The van der Waals surface area contributed by atoms with Crippen LogP contribution in [0.25, 0.3) is 0 Å². The fourth-order valence-corrected chi connectivity index (χ4v) is 0.753. The summed E-state index contributed by atoms with van der Waals surface area (Å²) in [6.07, 6.45) is 0.0139. The highest BCUT2D eigenvalue weighted by Crippen LogP contribution is 1.92. The molecule has 0 heterocycles. The lowest BCUT2D eigenvalue weighted by Gasteiger charge is -2.20. The fourth-order valence-electron chi connectivity index (χ4n) is 0.590. The summed E-state index contributed by atoms with van der Waals surface area (Å²) in [5.41, 5.74) is 4.95. The van der Waals surface area contributed by atoms with E-state index in [1.54, 1.807) is 14.1 Å². The van der Waals surface area contributed by atoms with E-state index in [-0.39, 0.29) is 6.17 Å². The zero-order valence-corrected chi connectivity index (χ0v) is 7.56. The molecule has 0 rings (SSSR count). The molecule has 0 aromatic heterocycles. The van der Waals surface area contributed by atoms with Gasteiger partial charge in [-0.3, -0.25) is 4.31 Å². The van der Waals surface area contributed by atoms with Crippen LogP contribution >= 0.6 is 12.8 Å². The van der Waals surface area contributed by atoms with E-state index in [1.165, 1.54) is 0 Å². The number of nitrogens with one attached hydrogen (secondary N) is 2. The van der Waals surface area contributed by atoms with Crippen molar-refractivity contribution in [3.63, 3.8) is 0 Å². The predicted molar refractivity (Wildman–Crippen MR) is 47.2 cm³/mol. The molecule has 0 aliphatic rings. The molecule has 0 spiro atoms. The number of rotatable bonds is 4. The zero-order chi connectivity index (χ0) is 8.85. The van der Waals surface area contributed by atoms with E-state index in [9.17, 15) is 4.79 Å². The Morgan fingerprint density at radius 3 is 2.36 bits per heavy atom. The Bertz CT molecular complexity index is 128. The number of nitrogens with two attached hydrogens (primary N) is 1. The van der Waals surface area contributed by atoms with Crippen LogP contribution in [0, 0.1) is 0 Å². The van der Waals surface area contributed by atoms with Gasteiger partial charge in [-0.2, -0.15) is 0 Å². The van der Waals surface area contributed by atoms with Crippen molar-refractivity contribution in [2.45, 2.75) is 6.17 Å². The van der Waals surface area contributed by atoms with Gasteiger partial charge in [0.25, 0.3) is 0 Å². The molecule has 0 saturated carbocycles. The minimum Gasteiger partial charge on any atom is -0.351 e. The normalized spacial score (nSPS) is 10.2. The van der Waals surface area contributed by atoms with Crippen LogP contribution in [0.3, 0.4) is 0 Å². The van der Waals surface area contributed by atoms with Crippen LogP contribution in [-0.4, -0.2) is 37.1 Å². The summed E-state index contributed by atoms with van der Waals surface area (Å²) in [6.45, 7) is 0.422. The van der Waals surface area contributed by atoms with Crippen LogP contribution in [-0.2, 0) is 0 Å². The van der Waals surface area contributed by atoms with Crippen molar-refractivity contribution in [2.24, 2.45) is 5.73 Å². The van der Waals surface area contributed by atoms with Crippen molar-refractivity contribution in [3.8, 4) is 0 Å². The number of primary amides is 1. The first-order valence-electron chi connectivity index (χ1n) is 3.22. The Hall–Kier alpha value is -0.460. The van der Waals surface area contributed by atoms with Gasteiger partial charge in [0, 0.05) is 0 Å². The monoisotopic (exact) mass is 178 g/mol. The zero-order valence-electron chi connectivity index (χ0n) is 6.66. The second kappa shape index (κ2) is 5.22. The minimum absolute atomic E-state index is 0.0139. The van der Waals surface area contributed by atoms with Gasteiger partial charge >= 0.3 is 6.03 Å². The van der Waals surface area contributed by atoms with Gasteiger partial charge in [-0.15, -0.1) is 0 Å². The molecule has 5 nitrogen and oxygen atoms in total. The van der Waals surface area contributed by atoms with E-state index >= 15 is 0 Å². The third-order valence-electron chi connectivity index (χ3n) is 1.31. The van der Waals surface area contributed by atoms with Crippen molar-refractivity contribution >= 4 is 18.8 Å². The summed E-state index contributed by atoms with van der Waals surface area (Å²) in [5.74, 6) is 0. The lowest BCUT2D eigenvalue weighted by molar-refractivity contribution is 0.231. The quantitative estimate of drug-likeness (QED) is 0.329. The standard InChI is InChI=1S/C5H14N4OS/c1-7-4(8-2)3-9(11)5(6)10/h4,7-8,11H,3H2,1-2H3,(H2,6,10). The number of carbonyl (C=O) groups is 1. The van der Waals surface area contributed by atoms with Gasteiger partial charge in [0.2, 0.25) is 0 Å². The predicted octanol–water partition coefficient (Wildman–Crippen LogP) is -1.02. The molecule has 0 aliphatic carbocycles. The number of thiol groups is 1. The molecule has 66 valence electrons. The van der Waals surface area contributed by atoms with Crippen LogP contribution < -0.4 is 16.4 Å². The number of nitrogens with zero attached hydrogens (tertiary/aromatic N) is 1. The van der Waals surface area contributed by atoms with Crippen molar-refractivity contribution in [1.82, 2.24) is 14.9 Å². The maximum Gasteiger partial charge on any atom is 0.324 e. The van der Waals surface area contributed by atoms with Gasteiger partial charge in [-0.05, 0) is 14.1 Å². The Balaban J connectivity index is 3.71. The molecule has 0 aromatic carbocycles. The summed E-state index contributed by atoms with van der Waals surface area (Å²) in [6, 6.07) is -0.552. The fraction of sp³-hybridized carbons (Fsp3) is 0.800. The third-order valence-corrected chi connectivity index (χ3v) is 1.67. The number of carbonyl (C=O) groups excluding carboxylic acids is 1. The maximum atomic E-state index is 10.5. The van der Waals surface area contributed by atoms with Crippen molar-refractivity contribution in [2.75, 3.05) is 20.6 Å². The SMILES string of the molecule is CNC(CN(S)C(N)=O)NC. The van der Waals surface area contributed by atoms with Gasteiger partial charge in [-0.25, -0.2) is 4.79 Å². The number of amides is 2. The molecule has 0 atom stereocenters. The third kappa shape index (κ3) is 4.07. The average molecular weight is 178 g/mol.